The number of nitrogens with zero attached hydrogens (tertiary/aromatic N) is 1. The van der Waals surface area contributed by atoms with Gasteiger partial charge in [-0.3, -0.25) is 0 Å². The fraction of sp³-hybridized carbons (Fsp3) is 0.0933. The minimum Gasteiger partial charge on any atom is -0.310 e. The Morgan fingerprint density at radius 2 is 0.605 bits per heavy atom. The predicted molar refractivity (Wildman–Crippen MR) is 318 cm³/mol. The molecule has 4 aliphatic rings. The highest BCUT2D eigenvalue weighted by atomic mass is 15.1. The summed E-state index contributed by atoms with van der Waals surface area (Å²) in [5, 5.41) is 5.06. The van der Waals surface area contributed by atoms with Gasteiger partial charge in [-0.2, -0.15) is 0 Å². The number of anilines is 3. The van der Waals surface area contributed by atoms with Crippen molar-refractivity contribution in [2.45, 2.75) is 43.9 Å². The van der Waals surface area contributed by atoms with E-state index in [0.717, 1.165) is 11.4 Å². The van der Waals surface area contributed by atoms with Gasteiger partial charge in [-0.25, -0.2) is 0 Å². The highest BCUT2D eigenvalue weighted by Gasteiger charge is 2.52. The van der Waals surface area contributed by atoms with Crippen molar-refractivity contribution in [2.24, 2.45) is 0 Å². The third-order valence-corrected chi connectivity index (χ3v) is 18.2. The van der Waals surface area contributed by atoms with Crippen LogP contribution in [0, 0.1) is 0 Å². The van der Waals surface area contributed by atoms with Gasteiger partial charge in [-0.05, 0) is 182 Å². The molecule has 0 amide bonds. The molecule has 0 bridgehead atoms. The van der Waals surface area contributed by atoms with Crippen LogP contribution in [0.1, 0.15) is 72.2 Å². The first kappa shape index (κ1) is 43.4. The lowest BCUT2D eigenvalue weighted by Gasteiger charge is -2.33. The molecule has 16 rings (SSSR count). The van der Waals surface area contributed by atoms with Crippen LogP contribution in [0.5, 0.6) is 0 Å². The van der Waals surface area contributed by atoms with E-state index in [9.17, 15) is 0 Å². The molecule has 0 fully saturated rings. The van der Waals surface area contributed by atoms with Crippen molar-refractivity contribution in [1.29, 1.82) is 0 Å². The molecule has 0 saturated heterocycles. The van der Waals surface area contributed by atoms with Gasteiger partial charge in [0.25, 0.3) is 0 Å². The van der Waals surface area contributed by atoms with E-state index in [1.165, 1.54) is 139 Å². The van der Waals surface area contributed by atoms with Crippen LogP contribution in [-0.4, -0.2) is 0 Å². The van der Waals surface area contributed by atoms with Crippen molar-refractivity contribution in [3.05, 3.63) is 293 Å². The Morgan fingerprint density at radius 1 is 0.250 bits per heavy atom. The number of hydrogen-bond acceptors (Lipinski definition) is 1. The van der Waals surface area contributed by atoms with E-state index in [1.54, 1.807) is 0 Å². The highest BCUT2D eigenvalue weighted by molar-refractivity contribution is 6.02. The SMILES string of the molecule is CC1(C)c2cc(-c3ccc4ccccc4c3)ccc2-c2ccc(N(c3ccc4c(c3)C(C)(C)c3cc(-c5ccc6ccccc6c5)ccc3-4)c3cccc4c3-c3ccccc3C43c4ccccc4-c4ccccc43)cc21. The lowest BCUT2D eigenvalue weighted by Crippen LogP contribution is -2.26. The first-order valence-electron chi connectivity index (χ1n) is 27.0. The summed E-state index contributed by atoms with van der Waals surface area (Å²) in [6.45, 7) is 9.69. The topological polar surface area (TPSA) is 3.24 Å². The molecule has 0 saturated carbocycles. The van der Waals surface area contributed by atoms with Crippen LogP contribution >= 0.6 is 0 Å². The van der Waals surface area contributed by atoms with Crippen molar-refractivity contribution < 1.29 is 0 Å². The molecule has 0 N–H and O–H groups in total. The quantitative estimate of drug-likeness (QED) is 0.166. The van der Waals surface area contributed by atoms with Crippen molar-refractivity contribution >= 4 is 38.6 Å². The highest BCUT2D eigenvalue weighted by Crippen LogP contribution is 2.65. The van der Waals surface area contributed by atoms with Crippen LogP contribution in [0.2, 0.25) is 0 Å². The fourth-order valence-corrected chi connectivity index (χ4v) is 14.6. The van der Waals surface area contributed by atoms with Crippen molar-refractivity contribution in [3.63, 3.8) is 0 Å². The summed E-state index contributed by atoms with van der Waals surface area (Å²) in [6.07, 6.45) is 0. The van der Waals surface area contributed by atoms with Gasteiger partial charge >= 0.3 is 0 Å². The van der Waals surface area contributed by atoms with E-state index in [2.05, 4.69) is 281 Å². The van der Waals surface area contributed by atoms with Gasteiger partial charge in [-0.1, -0.05) is 222 Å². The molecule has 1 heteroatoms. The Hall–Kier alpha value is -9.04. The molecule has 12 aromatic carbocycles. The molecule has 358 valence electrons. The first-order valence-corrected chi connectivity index (χ1v) is 27.0. The summed E-state index contributed by atoms with van der Waals surface area (Å²) in [5.74, 6) is 0. The first-order chi connectivity index (χ1) is 37.2. The number of rotatable bonds is 5. The summed E-state index contributed by atoms with van der Waals surface area (Å²) >= 11 is 0. The Balaban J connectivity index is 0.888. The van der Waals surface area contributed by atoms with E-state index in [1.807, 2.05) is 0 Å². The maximum Gasteiger partial charge on any atom is 0.0726 e. The Labute approximate surface area is 445 Å². The lowest BCUT2D eigenvalue weighted by molar-refractivity contribution is 0.660. The minimum atomic E-state index is -0.463. The molecule has 76 heavy (non-hydrogen) atoms. The van der Waals surface area contributed by atoms with Crippen LogP contribution in [-0.2, 0) is 16.2 Å². The van der Waals surface area contributed by atoms with Gasteiger partial charge in [0.2, 0.25) is 0 Å². The largest absolute Gasteiger partial charge is 0.310 e. The second-order valence-electron chi connectivity index (χ2n) is 22.8. The molecule has 0 heterocycles. The monoisotopic (exact) mass is 967 g/mol. The molecule has 1 spiro atoms. The summed E-state index contributed by atoms with van der Waals surface area (Å²) in [5.41, 5.74) is 28.8. The van der Waals surface area contributed by atoms with Crippen molar-refractivity contribution in [2.75, 3.05) is 4.90 Å². The van der Waals surface area contributed by atoms with Crippen LogP contribution in [0.15, 0.2) is 249 Å². The Morgan fingerprint density at radius 3 is 1.11 bits per heavy atom. The molecular formula is C75H53N. The van der Waals surface area contributed by atoms with Gasteiger partial charge in [0.15, 0.2) is 0 Å². The molecule has 0 aliphatic heterocycles. The van der Waals surface area contributed by atoms with Crippen molar-refractivity contribution in [3.8, 4) is 66.8 Å². The zero-order valence-electron chi connectivity index (χ0n) is 43.1. The van der Waals surface area contributed by atoms with Crippen molar-refractivity contribution in [1.82, 2.24) is 0 Å². The van der Waals surface area contributed by atoms with Gasteiger partial charge in [0, 0.05) is 27.8 Å². The summed E-state index contributed by atoms with van der Waals surface area (Å²) in [4.78, 5) is 2.60. The molecule has 0 radical (unpaired) electrons. The van der Waals surface area contributed by atoms with E-state index in [4.69, 9.17) is 0 Å². The van der Waals surface area contributed by atoms with Crippen LogP contribution in [0.4, 0.5) is 17.1 Å². The van der Waals surface area contributed by atoms with Gasteiger partial charge in [0.1, 0.15) is 0 Å². The fourth-order valence-electron chi connectivity index (χ4n) is 14.6. The summed E-state index contributed by atoms with van der Waals surface area (Å²) in [6, 6.07) is 94.6. The lowest BCUT2D eigenvalue weighted by atomic mass is 9.70. The van der Waals surface area contributed by atoms with Gasteiger partial charge < -0.3 is 4.90 Å². The Bertz CT molecular complexity index is 4250. The second kappa shape index (κ2) is 15.5. The zero-order valence-corrected chi connectivity index (χ0v) is 43.1. The smallest absolute Gasteiger partial charge is 0.0726 e. The van der Waals surface area contributed by atoms with E-state index in [-0.39, 0.29) is 10.8 Å². The van der Waals surface area contributed by atoms with E-state index >= 15 is 0 Å². The van der Waals surface area contributed by atoms with Crippen LogP contribution < -0.4 is 4.90 Å². The average molecular weight is 968 g/mol. The van der Waals surface area contributed by atoms with Gasteiger partial charge in [-0.15, -0.1) is 0 Å². The molecule has 1 nitrogen and oxygen atoms in total. The Kier molecular flexibility index (Phi) is 8.85. The number of fused-ring (bicyclic) bond motifs is 18. The predicted octanol–water partition coefficient (Wildman–Crippen LogP) is 19.8. The molecular weight excluding hydrogens is 915 g/mol. The maximum absolute atomic E-state index is 2.60. The third-order valence-electron chi connectivity index (χ3n) is 18.2. The average Bonchev–Trinajstić information content (AvgIpc) is 4.31. The molecule has 0 unspecified atom stereocenters. The number of hydrogen-bond donors (Lipinski definition) is 0. The molecule has 12 aromatic rings. The normalized spacial score (nSPS) is 14.9. The summed E-state index contributed by atoms with van der Waals surface area (Å²) in [7, 11) is 0. The van der Waals surface area contributed by atoms with E-state index < -0.39 is 5.41 Å². The molecule has 0 atom stereocenters. The molecule has 4 aliphatic carbocycles. The van der Waals surface area contributed by atoms with Crippen LogP contribution in [0.25, 0.3) is 88.3 Å². The zero-order chi connectivity index (χ0) is 50.7. The maximum atomic E-state index is 2.60. The number of benzene rings is 12. The molecule has 0 aromatic heterocycles. The summed E-state index contributed by atoms with van der Waals surface area (Å²) < 4.78 is 0. The van der Waals surface area contributed by atoms with E-state index in [0.29, 0.717) is 0 Å². The second-order valence-corrected chi connectivity index (χ2v) is 22.8. The minimum absolute atomic E-state index is 0.254. The van der Waals surface area contributed by atoms with Gasteiger partial charge in [0.05, 0.1) is 11.1 Å². The standard InChI is InChI=1S/C75H53N/c1-73(2)67-42-52(50-30-28-46-16-5-7-18-48(46)40-50)32-36-58(67)60-38-34-54(44-69(60)73)76(55-35-39-61-59-37-33-53(43-68(59)74(3,4)70(61)45-55)51-31-29-47-17-6-8-19-49(47)41-51)71-27-15-26-66-72(71)62-22-11-14-25-65(62)75(66)63-23-12-9-20-56(63)57-21-10-13-24-64(57)75/h5-45H,1-4H3. The van der Waals surface area contributed by atoms with Crippen LogP contribution in [0.3, 0.4) is 0 Å². The third kappa shape index (κ3) is 5.80.